The van der Waals surface area contributed by atoms with Crippen LogP contribution in [0.1, 0.15) is 29.3 Å². The third kappa shape index (κ3) is 2.16. The molecule has 1 aliphatic rings. The van der Waals surface area contributed by atoms with E-state index in [0.717, 1.165) is 18.5 Å². The van der Waals surface area contributed by atoms with Crippen LogP contribution in [0.5, 0.6) is 5.75 Å². The van der Waals surface area contributed by atoms with Crippen molar-refractivity contribution in [2.24, 2.45) is 0 Å². The van der Waals surface area contributed by atoms with E-state index in [4.69, 9.17) is 0 Å². The second kappa shape index (κ2) is 5.00. The number of carbonyl (C=O) groups excluding carboxylic acids is 1. The molecule has 3 nitrogen and oxygen atoms in total. The van der Waals surface area contributed by atoms with Gasteiger partial charge >= 0.3 is 0 Å². The second-order valence-electron chi connectivity index (χ2n) is 5.24. The quantitative estimate of drug-likeness (QED) is 0.860. The van der Waals surface area contributed by atoms with Crippen LogP contribution >= 0.6 is 0 Å². The Kier molecular flexibility index (Phi) is 3.18. The van der Waals surface area contributed by atoms with Crippen LogP contribution < -0.4 is 4.90 Å². The summed E-state index contributed by atoms with van der Waals surface area (Å²) in [5.74, 6) is 0.165. The molecule has 0 fully saturated rings. The molecule has 20 heavy (non-hydrogen) atoms. The molecule has 0 aliphatic carbocycles. The zero-order valence-electron chi connectivity index (χ0n) is 11.4. The molecule has 0 unspecified atom stereocenters. The molecule has 1 heterocycles. The average molecular weight is 267 g/mol. The summed E-state index contributed by atoms with van der Waals surface area (Å²) in [5, 5.41) is 9.33. The van der Waals surface area contributed by atoms with Crippen LogP contribution in [0.15, 0.2) is 48.5 Å². The van der Waals surface area contributed by atoms with E-state index in [9.17, 15) is 9.90 Å². The molecule has 1 amide bonds. The van der Waals surface area contributed by atoms with Gasteiger partial charge in [-0.1, -0.05) is 18.2 Å². The lowest BCUT2D eigenvalue weighted by molar-refractivity contribution is 0.0975. The zero-order chi connectivity index (χ0) is 14.1. The summed E-state index contributed by atoms with van der Waals surface area (Å²) in [4.78, 5) is 14.6. The summed E-state index contributed by atoms with van der Waals surface area (Å²) < 4.78 is 0. The number of phenols is 1. The van der Waals surface area contributed by atoms with E-state index in [2.05, 4.69) is 13.0 Å². The predicted molar refractivity (Wildman–Crippen MR) is 79.1 cm³/mol. The maximum Gasteiger partial charge on any atom is 0.258 e. The number of hydrogen-bond acceptors (Lipinski definition) is 2. The molecule has 1 atom stereocenters. The van der Waals surface area contributed by atoms with Gasteiger partial charge in [0.1, 0.15) is 5.75 Å². The van der Waals surface area contributed by atoms with E-state index in [1.165, 1.54) is 5.56 Å². The predicted octanol–water partition coefficient (Wildman–Crippen LogP) is 3.37. The fourth-order valence-electron chi connectivity index (χ4n) is 2.74. The first-order chi connectivity index (χ1) is 9.66. The lowest BCUT2D eigenvalue weighted by Crippen LogP contribution is -2.42. The van der Waals surface area contributed by atoms with E-state index >= 15 is 0 Å². The highest BCUT2D eigenvalue weighted by Gasteiger charge is 2.28. The number of rotatable bonds is 1. The fourth-order valence-corrected chi connectivity index (χ4v) is 2.74. The van der Waals surface area contributed by atoms with Crippen molar-refractivity contribution in [2.45, 2.75) is 25.8 Å². The monoisotopic (exact) mass is 267 g/mol. The highest BCUT2D eigenvalue weighted by Crippen LogP contribution is 2.31. The largest absolute Gasteiger partial charge is 0.508 e. The SMILES string of the molecule is C[C@@H]1CCc2ccccc2N1C(=O)c1ccc(O)cc1. The van der Waals surface area contributed by atoms with Gasteiger partial charge in [-0.3, -0.25) is 4.79 Å². The number of aromatic hydroxyl groups is 1. The molecule has 1 N–H and O–H groups in total. The number of para-hydroxylation sites is 1. The normalized spacial score (nSPS) is 17.6. The Morgan fingerprint density at radius 1 is 1.15 bits per heavy atom. The lowest BCUT2D eigenvalue weighted by atomic mass is 9.96. The number of nitrogens with zero attached hydrogens (tertiary/aromatic N) is 1. The fraction of sp³-hybridized carbons (Fsp3) is 0.235. The number of phenolic OH excluding ortho intramolecular Hbond substituents is 1. The zero-order valence-corrected chi connectivity index (χ0v) is 11.4. The van der Waals surface area contributed by atoms with Crippen molar-refractivity contribution in [1.82, 2.24) is 0 Å². The van der Waals surface area contributed by atoms with Crippen LogP contribution in [0.2, 0.25) is 0 Å². The summed E-state index contributed by atoms with van der Waals surface area (Å²) in [5.41, 5.74) is 2.83. The first kappa shape index (κ1) is 12.7. The Hall–Kier alpha value is -2.29. The van der Waals surface area contributed by atoms with E-state index in [1.54, 1.807) is 24.3 Å². The summed E-state index contributed by atoms with van der Waals surface area (Å²) >= 11 is 0. The summed E-state index contributed by atoms with van der Waals surface area (Å²) in [6.45, 7) is 2.08. The highest BCUT2D eigenvalue weighted by atomic mass is 16.3. The van der Waals surface area contributed by atoms with Gasteiger partial charge in [-0.05, 0) is 55.7 Å². The number of hydrogen-bond donors (Lipinski definition) is 1. The molecule has 3 heteroatoms. The van der Waals surface area contributed by atoms with Crippen molar-refractivity contribution in [3.05, 3.63) is 59.7 Å². The third-order valence-electron chi connectivity index (χ3n) is 3.86. The van der Waals surface area contributed by atoms with Crippen LogP contribution in [0.3, 0.4) is 0 Å². The molecule has 2 aromatic rings. The van der Waals surface area contributed by atoms with Crippen molar-refractivity contribution in [3.8, 4) is 5.75 Å². The standard InChI is InChI=1S/C17H17NO2/c1-12-6-7-13-4-2-3-5-16(13)18(12)17(20)14-8-10-15(19)11-9-14/h2-5,8-12,19H,6-7H2,1H3/t12-/m1/s1. The van der Waals surface area contributed by atoms with E-state index in [0.29, 0.717) is 5.56 Å². The molecule has 0 saturated carbocycles. The molecule has 3 rings (SSSR count). The topological polar surface area (TPSA) is 40.5 Å². The number of fused-ring (bicyclic) bond motifs is 1. The first-order valence-corrected chi connectivity index (χ1v) is 6.87. The summed E-state index contributed by atoms with van der Waals surface area (Å²) in [7, 11) is 0. The van der Waals surface area contributed by atoms with Gasteiger partial charge in [-0.2, -0.15) is 0 Å². The molecule has 0 radical (unpaired) electrons. The van der Waals surface area contributed by atoms with Gasteiger partial charge in [0.05, 0.1) is 0 Å². The molecule has 2 aromatic carbocycles. The molecule has 0 spiro atoms. The second-order valence-corrected chi connectivity index (χ2v) is 5.24. The molecule has 0 bridgehead atoms. The molecular weight excluding hydrogens is 250 g/mol. The smallest absolute Gasteiger partial charge is 0.258 e. The van der Waals surface area contributed by atoms with Gasteiger partial charge in [0.15, 0.2) is 0 Å². The van der Waals surface area contributed by atoms with Crippen LogP contribution in [-0.4, -0.2) is 17.1 Å². The van der Waals surface area contributed by atoms with Crippen LogP contribution in [0.25, 0.3) is 0 Å². The van der Waals surface area contributed by atoms with Crippen molar-refractivity contribution in [1.29, 1.82) is 0 Å². The van der Waals surface area contributed by atoms with E-state index in [1.807, 2.05) is 23.1 Å². The van der Waals surface area contributed by atoms with Gasteiger partial charge in [0, 0.05) is 17.3 Å². The first-order valence-electron chi connectivity index (χ1n) is 6.87. The molecule has 0 aromatic heterocycles. The van der Waals surface area contributed by atoms with E-state index < -0.39 is 0 Å². The van der Waals surface area contributed by atoms with Gasteiger partial charge < -0.3 is 10.0 Å². The van der Waals surface area contributed by atoms with Crippen LogP contribution in [0, 0.1) is 0 Å². The Morgan fingerprint density at radius 3 is 2.60 bits per heavy atom. The maximum atomic E-state index is 12.7. The highest BCUT2D eigenvalue weighted by molar-refractivity contribution is 6.07. The Labute approximate surface area is 118 Å². The molecule has 0 saturated heterocycles. The Morgan fingerprint density at radius 2 is 1.85 bits per heavy atom. The van der Waals surface area contributed by atoms with E-state index in [-0.39, 0.29) is 17.7 Å². The van der Waals surface area contributed by atoms with Crippen LogP contribution in [0.4, 0.5) is 5.69 Å². The lowest BCUT2D eigenvalue weighted by Gasteiger charge is -2.35. The summed E-state index contributed by atoms with van der Waals surface area (Å²) in [6, 6.07) is 14.7. The Balaban J connectivity index is 2.00. The van der Waals surface area contributed by atoms with Gasteiger partial charge in [0.25, 0.3) is 5.91 Å². The summed E-state index contributed by atoms with van der Waals surface area (Å²) in [6.07, 6.45) is 1.98. The van der Waals surface area contributed by atoms with Crippen molar-refractivity contribution in [2.75, 3.05) is 4.90 Å². The van der Waals surface area contributed by atoms with Gasteiger partial charge in [0.2, 0.25) is 0 Å². The van der Waals surface area contributed by atoms with Crippen LogP contribution in [-0.2, 0) is 6.42 Å². The molecule has 1 aliphatic heterocycles. The maximum absolute atomic E-state index is 12.7. The van der Waals surface area contributed by atoms with Gasteiger partial charge in [-0.25, -0.2) is 0 Å². The number of carbonyl (C=O) groups is 1. The number of amides is 1. The number of anilines is 1. The molecule has 102 valence electrons. The number of benzene rings is 2. The Bertz CT molecular complexity index is 634. The third-order valence-corrected chi connectivity index (χ3v) is 3.86. The van der Waals surface area contributed by atoms with Crippen molar-refractivity contribution in [3.63, 3.8) is 0 Å². The number of aryl methyl sites for hydroxylation is 1. The minimum absolute atomic E-state index is 0.00958. The minimum atomic E-state index is -0.00958. The molecular formula is C17H17NO2. The van der Waals surface area contributed by atoms with Crippen molar-refractivity contribution < 1.29 is 9.90 Å². The average Bonchev–Trinajstić information content (AvgIpc) is 2.47. The van der Waals surface area contributed by atoms with Crippen molar-refractivity contribution >= 4 is 11.6 Å². The van der Waals surface area contributed by atoms with Gasteiger partial charge in [-0.15, -0.1) is 0 Å². The minimum Gasteiger partial charge on any atom is -0.508 e.